The molecule has 0 atom stereocenters. The van der Waals surface area contributed by atoms with E-state index >= 15 is 0 Å². The maximum absolute atomic E-state index is 10.6. The van der Waals surface area contributed by atoms with E-state index in [4.69, 9.17) is 5.11 Å². The molecule has 2 rings (SSSR count). The molecule has 1 N–H and O–H groups in total. The quantitative estimate of drug-likeness (QED) is 0.614. The van der Waals surface area contributed by atoms with Gasteiger partial charge in [-0.15, -0.1) is 0 Å². The zero-order valence-corrected chi connectivity index (χ0v) is 7.01. The minimum atomic E-state index is -0.992. The van der Waals surface area contributed by atoms with Crippen molar-refractivity contribution >= 4 is 30.5 Å². The number of hydrogen-bond acceptors (Lipinski definition) is 3. The monoisotopic (exact) mass is 170 g/mol. The molecule has 0 bridgehead atoms. The smallest absolute Gasteiger partial charge is 0.354 e. The van der Waals surface area contributed by atoms with Gasteiger partial charge in [0.1, 0.15) is 0 Å². The Hall–Kier alpha value is -1.31. The summed E-state index contributed by atoms with van der Waals surface area (Å²) in [4.78, 5) is 18.3. The third-order valence-corrected chi connectivity index (χ3v) is 1.54. The van der Waals surface area contributed by atoms with Crippen LogP contribution in [-0.4, -0.2) is 44.3 Å². The van der Waals surface area contributed by atoms with E-state index in [2.05, 4.69) is 9.97 Å². The molecule has 0 spiro atoms. The molecule has 0 amide bonds. The van der Waals surface area contributed by atoms with Crippen LogP contribution in [0.2, 0.25) is 0 Å². The van der Waals surface area contributed by atoms with Crippen molar-refractivity contribution in [3.05, 3.63) is 30.5 Å². The Kier molecular flexibility index (Phi) is 2.71. The van der Waals surface area contributed by atoms with Crippen molar-refractivity contribution in [2.45, 2.75) is 0 Å². The molecule has 1 radical (unpaired) electrons. The van der Waals surface area contributed by atoms with Gasteiger partial charge in [-0.1, -0.05) is 0 Å². The summed E-state index contributed by atoms with van der Waals surface area (Å²) in [5, 5.41) is 8.69. The van der Waals surface area contributed by atoms with Crippen molar-refractivity contribution in [1.29, 1.82) is 0 Å². The van der Waals surface area contributed by atoms with Crippen LogP contribution in [0.15, 0.2) is 24.8 Å². The molecule has 0 unspecified atom stereocenters. The van der Waals surface area contributed by atoms with Gasteiger partial charge in [0, 0.05) is 31.3 Å². The number of carboxylic acids is 1. The van der Waals surface area contributed by atoms with Gasteiger partial charge in [0.15, 0.2) is 11.3 Å². The molecule has 6 heteroatoms. The largest absolute Gasteiger partial charge is 0.477 e. The number of aromatic nitrogens is 3. The fourth-order valence-electron chi connectivity index (χ4n) is 1.00. The number of nitrogens with zero attached hydrogens (tertiary/aromatic N) is 3. The summed E-state index contributed by atoms with van der Waals surface area (Å²) in [6.07, 6.45) is 5.89. The van der Waals surface area contributed by atoms with Gasteiger partial charge in [-0.05, 0) is 0 Å². The van der Waals surface area contributed by atoms with Crippen LogP contribution in [0.4, 0.5) is 0 Å². The summed E-state index contributed by atoms with van der Waals surface area (Å²) < 4.78 is 1.47. The SMILES string of the molecule is O=C(O)c1cnc2cnccn12.[Li]. The number of fused-ring (bicyclic) bond motifs is 1. The predicted molar refractivity (Wildman–Crippen MR) is 45.7 cm³/mol. The fraction of sp³-hybridized carbons (Fsp3) is 0. The fourth-order valence-corrected chi connectivity index (χ4v) is 1.00. The molecule has 0 aliphatic rings. The van der Waals surface area contributed by atoms with Gasteiger partial charge in [-0.25, -0.2) is 9.78 Å². The summed E-state index contributed by atoms with van der Waals surface area (Å²) in [7, 11) is 0. The Morgan fingerprint density at radius 2 is 2.23 bits per heavy atom. The first-order valence-electron chi connectivity index (χ1n) is 3.29. The normalized spacial score (nSPS) is 9.54. The van der Waals surface area contributed by atoms with Gasteiger partial charge in [0.2, 0.25) is 0 Å². The number of aromatic carboxylic acids is 1. The molecule has 0 saturated carbocycles. The summed E-state index contributed by atoms with van der Waals surface area (Å²) >= 11 is 0. The number of imidazole rings is 1. The summed E-state index contributed by atoms with van der Waals surface area (Å²) in [6, 6.07) is 0. The van der Waals surface area contributed by atoms with E-state index in [1.54, 1.807) is 6.20 Å². The molecule has 0 saturated heterocycles. The molecule has 0 aliphatic heterocycles. The van der Waals surface area contributed by atoms with E-state index in [9.17, 15) is 4.79 Å². The third-order valence-electron chi connectivity index (χ3n) is 1.54. The molecule has 2 aromatic rings. The first-order chi connectivity index (χ1) is 5.79. The van der Waals surface area contributed by atoms with Crippen LogP contribution in [0.3, 0.4) is 0 Å². The van der Waals surface area contributed by atoms with Crippen LogP contribution in [0.5, 0.6) is 0 Å². The Morgan fingerprint density at radius 3 is 2.92 bits per heavy atom. The molecule has 2 aromatic heterocycles. The average Bonchev–Trinajstić information content (AvgIpc) is 2.47. The molecular weight excluding hydrogens is 165 g/mol. The second kappa shape index (κ2) is 3.60. The van der Waals surface area contributed by atoms with Gasteiger partial charge >= 0.3 is 5.97 Å². The Bertz CT molecular complexity index is 440. The molecule has 0 fully saturated rings. The number of rotatable bonds is 1. The van der Waals surface area contributed by atoms with E-state index in [0.29, 0.717) is 5.65 Å². The van der Waals surface area contributed by atoms with Crippen molar-refractivity contribution in [2.24, 2.45) is 0 Å². The first kappa shape index (κ1) is 9.77. The third kappa shape index (κ3) is 1.57. The summed E-state index contributed by atoms with van der Waals surface area (Å²) in [6.45, 7) is 0. The maximum atomic E-state index is 10.6. The average molecular weight is 170 g/mol. The van der Waals surface area contributed by atoms with E-state index in [1.165, 1.54) is 23.0 Å². The van der Waals surface area contributed by atoms with E-state index < -0.39 is 5.97 Å². The molecule has 0 aliphatic carbocycles. The van der Waals surface area contributed by atoms with Crippen molar-refractivity contribution in [1.82, 2.24) is 14.4 Å². The number of hydrogen-bond donors (Lipinski definition) is 1. The van der Waals surface area contributed by atoms with Crippen molar-refractivity contribution in [2.75, 3.05) is 0 Å². The van der Waals surface area contributed by atoms with E-state index in [0.717, 1.165) is 0 Å². The van der Waals surface area contributed by atoms with Crippen LogP contribution in [0.1, 0.15) is 10.5 Å². The van der Waals surface area contributed by atoms with Gasteiger partial charge in [-0.2, -0.15) is 0 Å². The Morgan fingerprint density at radius 1 is 1.46 bits per heavy atom. The van der Waals surface area contributed by atoms with Crippen molar-refractivity contribution < 1.29 is 9.90 Å². The Labute approximate surface area is 85.6 Å². The molecule has 0 aromatic carbocycles. The Balaban J connectivity index is 0.000000845. The molecule has 61 valence electrons. The van der Waals surface area contributed by atoms with Gasteiger partial charge < -0.3 is 5.11 Å². The zero-order valence-electron chi connectivity index (χ0n) is 7.01. The van der Waals surface area contributed by atoms with Crippen LogP contribution < -0.4 is 0 Å². The minimum absolute atomic E-state index is 0. The van der Waals surface area contributed by atoms with Crippen LogP contribution in [0.25, 0.3) is 5.65 Å². The molecular formula is C7H5LiN3O2. The minimum Gasteiger partial charge on any atom is -0.477 e. The van der Waals surface area contributed by atoms with Crippen molar-refractivity contribution in [3.63, 3.8) is 0 Å². The molecule has 13 heavy (non-hydrogen) atoms. The number of carboxylic acid groups (broad SMARTS) is 1. The summed E-state index contributed by atoms with van der Waals surface area (Å²) in [5.74, 6) is -0.992. The number of carbonyl (C=O) groups is 1. The van der Waals surface area contributed by atoms with Crippen molar-refractivity contribution in [3.8, 4) is 0 Å². The van der Waals surface area contributed by atoms with Crippen LogP contribution in [0, 0.1) is 0 Å². The standard InChI is InChI=1S/C7H5N3O2.Li/c11-7(12)5-3-9-6-4-8-1-2-10(5)6;/h1-4H,(H,11,12);. The van der Waals surface area contributed by atoms with E-state index in [1.807, 2.05) is 0 Å². The molecule has 2 heterocycles. The molecule has 5 nitrogen and oxygen atoms in total. The van der Waals surface area contributed by atoms with E-state index in [-0.39, 0.29) is 24.6 Å². The second-order valence-electron chi connectivity index (χ2n) is 2.25. The van der Waals surface area contributed by atoms with Crippen LogP contribution >= 0.6 is 0 Å². The van der Waals surface area contributed by atoms with Gasteiger partial charge in [0.25, 0.3) is 0 Å². The predicted octanol–water partition coefficient (Wildman–Crippen LogP) is 0.0467. The van der Waals surface area contributed by atoms with Crippen LogP contribution in [-0.2, 0) is 0 Å². The van der Waals surface area contributed by atoms with Gasteiger partial charge in [-0.3, -0.25) is 9.38 Å². The van der Waals surface area contributed by atoms with Gasteiger partial charge in [0.05, 0.1) is 12.4 Å². The topological polar surface area (TPSA) is 67.5 Å². The maximum Gasteiger partial charge on any atom is 0.354 e. The second-order valence-corrected chi connectivity index (χ2v) is 2.25. The zero-order chi connectivity index (χ0) is 8.55. The first-order valence-corrected chi connectivity index (χ1v) is 3.29. The summed E-state index contributed by atoms with van der Waals surface area (Å²) in [5.41, 5.74) is 0.683.